The minimum atomic E-state index is 0.255. The molecule has 98 valence electrons. The number of nitriles is 1. The van der Waals surface area contributed by atoms with Gasteiger partial charge in [-0.2, -0.15) is 5.26 Å². The third-order valence-electron chi connectivity index (χ3n) is 3.13. The Kier molecular flexibility index (Phi) is 3.05. The third kappa shape index (κ3) is 1.88. The lowest BCUT2D eigenvalue weighted by Gasteiger charge is -2.09. The molecule has 0 aliphatic carbocycles. The van der Waals surface area contributed by atoms with Gasteiger partial charge in [0.15, 0.2) is 11.5 Å². The van der Waals surface area contributed by atoms with E-state index in [0.29, 0.717) is 11.5 Å². The smallest absolute Gasteiger partial charge is 0.194 e. The highest BCUT2D eigenvalue weighted by Gasteiger charge is 2.19. The second-order valence-electron chi connectivity index (χ2n) is 4.27. The van der Waals surface area contributed by atoms with Gasteiger partial charge in [0, 0.05) is 0 Å². The lowest BCUT2D eigenvalue weighted by molar-refractivity contribution is 0.576. The number of hydrogen-bond donors (Lipinski definition) is 0. The average Bonchev–Trinajstić information content (AvgIpc) is 3.15. The molecule has 5 heteroatoms. The highest BCUT2D eigenvalue weighted by atomic mass is 16.3. The van der Waals surface area contributed by atoms with Gasteiger partial charge in [-0.1, -0.05) is 30.3 Å². The topological polar surface area (TPSA) is 67.6 Å². The predicted molar refractivity (Wildman–Crippen MR) is 73.2 cm³/mol. The quantitative estimate of drug-likeness (QED) is 0.729. The molecule has 20 heavy (non-hydrogen) atoms. The summed E-state index contributed by atoms with van der Waals surface area (Å²) in [5.41, 5.74) is 2.88. The Morgan fingerprint density at radius 1 is 1.25 bits per heavy atom. The van der Waals surface area contributed by atoms with Crippen molar-refractivity contribution >= 4 is 0 Å². The summed E-state index contributed by atoms with van der Waals surface area (Å²) in [6, 6.07) is 13.5. The minimum absolute atomic E-state index is 0.255. The van der Waals surface area contributed by atoms with Gasteiger partial charge in [-0.25, -0.2) is 4.68 Å². The molecule has 0 amide bonds. The van der Waals surface area contributed by atoms with Crippen molar-refractivity contribution in [1.29, 1.82) is 5.26 Å². The van der Waals surface area contributed by atoms with E-state index in [9.17, 15) is 5.26 Å². The van der Waals surface area contributed by atoms with Crippen LogP contribution in [0.2, 0.25) is 0 Å². The van der Waals surface area contributed by atoms with Crippen molar-refractivity contribution in [1.82, 2.24) is 15.0 Å². The van der Waals surface area contributed by atoms with E-state index in [4.69, 9.17) is 4.42 Å². The molecule has 0 spiro atoms. The molecular weight excluding hydrogens is 252 g/mol. The van der Waals surface area contributed by atoms with Crippen LogP contribution in [-0.2, 0) is 6.42 Å². The van der Waals surface area contributed by atoms with E-state index in [1.165, 1.54) is 0 Å². The minimum Gasteiger partial charge on any atom is -0.463 e. The molecule has 3 rings (SSSR count). The van der Waals surface area contributed by atoms with E-state index in [0.717, 1.165) is 17.7 Å². The summed E-state index contributed by atoms with van der Waals surface area (Å²) in [5.74, 6) is 0.581. The van der Waals surface area contributed by atoms with Gasteiger partial charge in [-0.15, -0.1) is 5.10 Å². The molecule has 0 aliphatic heterocycles. The summed E-state index contributed by atoms with van der Waals surface area (Å²) < 4.78 is 7.07. The maximum Gasteiger partial charge on any atom is 0.194 e. The van der Waals surface area contributed by atoms with Crippen molar-refractivity contribution in [3.63, 3.8) is 0 Å². The van der Waals surface area contributed by atoms with Crippen molar-refractivity contribution in [2.75, 3.05) is 0 Å². The summed E-state index contributed by atoms with van der Waals surface area (Å²) in [5, 5.41) is 17.2. The summed E-state index contributed by atoms with van der Waals surface area (Å²) in [7, 11) is 0. The van der Waals surface area contributed by atoms with Crippen LogP contribution in [0.4, 0.5) is 0 Å². The van der Waals surface area contributed by atoms with Crippen LogP contribution in [-0.4, -0.2) is 15.0 Å². The fourth-order valence-electron chi connectivity index (χ4n) is 2.18. The van der Waals surface area contributed by atoms with Crippen LogP contribution in [0.15, 0.2) is 47.1 Å². The zero-order chi connectivity index (χ0) is 13.9. The second kappa shape index (κ2) is 5.02. The number of furan rings is 1. The number of benzene rings is 1. The summed E-state index contributed by atoms with van der Waals surface area (Å²) in [4.78, 5) is 0. The zero-order valence-electron chi connectivity index (χ0n) is 10.9. The Morgan fingerprint density at radius 2 is 2.10 bits per heavy atom. The Balaban J connectivity index is 2.26. The average molecular weight is 264 g/mol. The Morgan fingerprint density at radius 3 is 2.80 bits per heavy atom. The van der Waals surface area contributed by atoms with E-state index >= 15 is 0 Å². The van der Waals surface area contributed by atoms with E-state index in [1.807, 2.05) is 24.3 Å². The monoisotopic (exact) mass is 264 g/mol. The third-order valence-corrected chi connectivity index (χ3v) is 3.13. The van der Waals surface area contributed by atoms with E-state index in [-0.39, 0.29) is 5.69 Å². The van der Waals surface area contributed by atoms with Crippen LogP contribution in [0.5, 0.6) is 0 Å². The normalized spacial score (nSPS) is 10.4. The molecule has 5 nitrogen and oxygen atoms in total. The molecule has 0 unspecified atom stereocenters. The lowest BCUT2D eigenvalue weighted by Crippen LogP contribution is -2.03. The van der Waals surface area contributed by atoms with Gasteiger partial charge < -0.3 is 4.42 Å². The van der Waals surface area contributed by atoms with Crippen LogP contribution in [0.1, 0.15) is 18.2 Å². The molecule has 3 aromatic rings. The standard InChI is InChI=1S/C15H12N4O/c1-2-11-6-3-4-7-13(11)19-15(12(10-16)17-18-19)14-8-5-9-20-14/h3-9H,2H2,1H3. The fourth-order valence-corrected chi connectivity index (χ4v) is 2.18. The van der Waals surface area contributed by atoms with Gasteiger partial charge in [0.1, 0.15) is 11.8 Å². The Bertz CT molecular complexity index is 766. The van der Waals surface area contributed by atoms with Gasteiger partial charge in [-0.05, 0) is 30.2 Å². The van der Waals surface area contributed by atoms with E-state index in [2.05, 4.69) is 23.3 Å². The summed E-state index contributed by atoms with van der Waals surface area (Å²) >= 11 is 0. The van der Waals surface area contributed by atoms with Crippen LogP contribution in [0.25, 0.3) is 17.1 Å². The molecule has 0 bridgehead atoms. The molecule has 2 heterocycles. The number of aryl methyl sites for hydroxylation is 1. The molecule has 1 aromatic carbocycles. The van der Waals surface area contributed by atoms with Crippen LogP contribution < -0.4 is 0 Å². The van der Waals surface area contributed by atoms with Gasteiger partial charge in [0.2, 0.25) is 0 Å². The van der Waals surface area contributed by atoms with Crippen molar-refractivity contribution in [3.8, 4) is 23.2 Å². The zero-order valence-corrected chi connectivity index (χ0v) is 10.9. The molecule has 0 N–H and O–H groups in total. The van der Waals surface area contributed by atoms with Crippen molar-refractivity contribution in [3.05, 3.63) is 53.9 Å². The van der Waals surface area contributed by atoms with Gasteiger partial charge in [-0.3, -0.25) is 0 Å². The number of para-hydroxylation sites is 1. The molecule has 2 aromatic heterocycles. The van der Waals surface area contributed by atoms with Crippen LogP contribution >= 0.6 is 0 Å². The largest absolute Gasteiger partial charge is 0.463 e. The fraction of sp³-hybridized carbons (Fsp3) is 0.133. The lowest BCUT2D eigenvalue weighted by atomic mass is 10.1. The van der Waals surface area contributed by atoms with Gasteiger partial charge in [0.25, 0.3) is 0 Å². The SMILES string of the molecule is CCc1ccccc1-n1nnc(C#N)c1-c1ccco1. The van der Waals surface area contributed by atoms with E-state index in [1.54, 1.807) is 23.1 Å². The van der Waals surface area contributed by atoms with Crippen molar-refractivity contribution in [2.24, 2.45) is 0 Å². The highest BCUT2D eigenvalue weighted by Crippen LogP contribution is 2.26. The predicted octanol–water partition coefficient (Wildman–Crippen LogP) is 2.96. The molecule has 0 fully saturated rings. The van der Waals surface area contributed by atoms with Crippen LogP contribution in [0, 0.1) is 11.3 Å². The molecule has 0 radical (unpaired) electrons. The molecule has 0 saturated carbocycles. The second-order valence-corrected chi connectivity index (χ2v) is 4.27. The molecule has 0 aliphatic rings. The van der Waals surface area contributed by atoms with Crippen LogP contribution in [0.3, 0.4) is 0 Å². The number of hydrogen-bond acceptors (Lipinski definition) is 4. The highest BCUT2D eigenvalue weighted by molar-refractivity contribution is 5.62. The first-order valence-corrected chi connectivity index (χ1v) is 6.33. The first-order chi connectivity index (χ1) is 9.85. The Labute approximate surface area is 116 Å². The number of nitrogens with zero attached hydrogens (tertiary/aromatic N) is 4. The van der Waals surface area contributed by atoms with Crippen molar-refractivity contribution in [2.45, 2.75) is 13.3 Å². The number of rotatable bonds is 3. The first-order valence-electron chi connectivity index (χ1n) is 6.33. The summed E-state index contributed by atoms with van der Waals surface area (Å²) in [6.07, 6.45) is 2.44. The molecule has 0 saturated heterocycles. The molecular formula is C15H12N4O. The van der Waals surface area contributed by atoms with Gasteiger partial charge in [0.05, 0.1) is 12.0 Å². The maximum absolute atomic E-state index is 9.20. The Hall–Kier alpha value is -2.87. The van der Waals surface area contributed by atoms with E-state index < -0.39 is 0 Å². The first kappa shape index (κ1) is 12.2. The molecule has 0 atom stereocenters. The maximum atomic E-state index is 9.20. The van der Waals surface area contributed by atoms with Gasteiger partial charge >= 0.3 is 0 Å². The number of aromatic nitrogens is 3. The summed E-state index contributed by atoms with van der Waals surface area (Å²) in [6.45, 7) is 2.08. The van der Waals surface area contributed by atoms with Crippen molar-refractivity contribution < 1.29 is 4.42 Å².